The van der Waals surface area contributed by atoms with Crippen LogP contribution in [0.1, 0.15) is 5.48 Å². The van der Waals surface area contributed by atoms with Crippen LogP contribution in [-0.4, -0.2) is 36.0 Å². The van der Waals surface area contributed by atoms with Gasteiger partial charge in [0.25, 0.3) is 0 Å². The molecule has 0 aromatic carbocycles. The van der Waals surface area contributed by atoms with Gasteiger partial charge in [-0.1, -0.05) is 0 Å². The lowest BCUT2D eigenvalue weighted by molar-refractivity contribution is -0.389. The second-order valence-corrected chi connectivity index (χ2v) is 2.97. The highest BCUT2D eigenvalue weighted by molar-refractivity contribution is 5.46. The average Bonchev–Trinajstić information content (AvgIpc) is 2.25. The summed E-state index contributed by atoms with van der Waals surface area (Å²) in [5.74, 6) is -0.301. The topological polar surface area (TPSA) is 71.3 Å². The summed E-state index contributed by atoms with van der Waals surface area (Å²) in [6.07, 6.45) is 1.25. The summed E-state index contributed by atoms with van der Waals surface area (Å²) in [4.78, 5) is 15.0. The lowest BCUT2D eigenvalue weighted by Crippen LogP contribution is -2.43. The Morgan fingerprint density at radius 2 is 2.27 bits per heavy atom. The molecule has 1 aromatic heterocycles. The Morgan fingerprint density at radius 1 is 1.53 bits per heavy atom. The Hall–Kier alpha value is -1.69. The summed E-state index contributed by atoms with van der Waals surface area (Å²) < 4.78 is 30.5. The second kappa shape index (κ2) is 4.22. The molecule has 1 saturated heterocycles. The van der Waals surface area contributed by atoms with E-state index in [0.717, 1.165) is 0 Å². The van der Waals surface area contributed by atoms with Gasteiger partial charge < -0.3 is 20.3 Å². The van der Waals surface area contributed by atoms with Gasteiger partial charge in [0.2, 0.25) is 0 Å². The number of hydrogen-bond donors (Lipinski definition) is 1. The van der Waals surface area contributed by atoms with Crippen molar-refractivity contribution in [3.05, 3.63) is 28.4 Å². The summed E-state index contributed by atoms with van der Waals surface area (Å²) in [6.45, 7) is -3.90. The molecule has 0 radical (unpaired) electrons. The van der Waals surface area contributed by atoms with Gasteiger partial charge in [0.15, 0.2) is 6.20 Å². The fourth-order valence-electron chi connectivity index (χ4n) is 1.24. The molecule has 1 fully saturated rings. The number of aromatic nitrogens is 1. The summed E-state index contributed by atoms with van der Waals surface area (Å²) in [7, 11) is 0. The number of nitrogens with one attached hydrogen (secondary N) is 1. The maximum Gasteiger partial charge on any atom is 0.363 e. The third-order valence-corrected chi connectivity index (χ3v) is 2.00. The monoisotopic (exact) mass is 212 g/mol. The minimum atomic E-state index is -1.89. The van der Waals surface area contributed by atoms with Crippen LogP contribution < -0.4 is 10.2 Å². The fourth-order valence-corrected chi connectivity index (χ4v) is 1.24. The quantitative estimate of drug-likeness (QED) is 0.567. The van der Waals surface area contributed by atoms with Gasteiger partial charge in [-0.25, -0.2) is 0 Å². The highest BCUT2D eigenvalue weighted by Crippen LogP contribution is 2.16. The van der Waals surface area contributed by atoms with E-state index in [9.17, 15) is 10.1 Å². The number of anilines is 1. The van der Waals surface area contributed by atoms with Crippen molar-refractivity contribution in [2.75, 3.05) is 31.0 Å². The van der Waals surface area contributed by atoms with E-state index in [1.54, 1.807) is 0 Å². The molecule has 0 spiro atoms. The zero-order chi connectivity index (χ0) is 14.3. The number of rotatable bonds is 2. The molecule has 0 unspecified atom stereocenters. The normalized spacial score (nSPS) is 27.1. The molecule has 0 saturated carbocycles. The van der Waals surface area contributed by atoms with Crippen LogP contribution in [0.5, 0.6) is 0 Å². The van der Waals surface area contributed by atoms with Crippen LogP contribution in [0, 0.1) is 10.1 Å². The van der Waals surface area contributed by atoms with E-state index in [-0.39, 0.29) is 18.9 Å². The van der Waals surface area contributed by atoms with Crippen molar-refractivity contribution in [3.8, 4) is 0 Å². The Kier molecular flexibility index (Phi) is 1.69. The third-order valence-electron chi connectivity index (χ3n) is 2.00. The average molecular weight is 212 g/mol. The van der Waals surface area contributed by atoms with E-state index in [4.69, 9.17) is 5.48 Å². The van der Waals surface area contributed by atoms with Crippen molar-refractivity contribution >= 4 is 11.5 Å². The molecular weight excluding hydrogens is 196 g/mol. The highest BCUT2D eigenvalue weighted by Gasteiger charge is 2.13. The Balaban J connectivity index is 2.23. The standard InChI is InChI=1S/C9H12N4O2/c14-13(15)9-2-1-8(7-11-9)12-5-3-10-4-6-12/h1-2,7,10H,3-6H2/i3D2,4D2. The fraction of sp³-hybridized carbons (Fsp3) is 0.444. The van der Waals surface area contributed by atoms with Crippen molar-refractivity contribution in [3.63, 3.8) is 0 Å². The SMILES string of the molecule is [2H]C1([2H])CN(c2ccc([N+](=O)[O-])nc2)CC([2H])([2H])N1. The van der Waals surface area contributed by atoms with Crippen molar-refractivity contribution < 1.29 is 10.4 Å². The number of hydrogen-bond acceptors (Lipinski definition) is 5. The minimum absolute atomic E-state index is 0.0635. The molecule has 2 rings (SSSR count). The van der Waals surface area contributed by atoms with Crippen LogP contribution in [-0.2, 0) is 0 Å². The first-order chi connectivity index (χ1) is 8.69. The van der Waals surface area contributed by atoms with E-state index in [1.807, 2.05) is 0 Å². The number of nitro groups is 1. The van der Waals surface area contributed by atoms with Gasteiger partial charge in [-0.2, -0.15) is 0 Å². The van der Waals surface area contributed by atoms with Crippen LogP contribution in [0.4, 0.5) is 11.5 Å². The smallest absolute Gasteiger partial charge is 0.363 e. The molecule has 1 aliphatic heterocycles. The van der Waals surface area contributed by atoms with Gasteiger partial charge in [0.05, 0.1) is 5.69 Å². The Bertz CT molecular complexity index is 477. The number of pyridine rings is 1. The van der Waals surface area contributed by atoms with Crippen molar-refractivity contribution in [2.24, 2.45) is 0 Å². The molecule has 80 valence electrons. The van der Waals surface area contributed by atoms with Crippen LogP contribution in [0.15, 0.2) is 18.3 Å². The molecule has 15 heavy (non-hydrogen) atoms. The van der Waals surface area contributed by atoms with E-state index in [1.165, 1.54) is 23.2 Å². The van der Waals surface area contributed by atoms with E-state index in [2.05, 4.69) is 10.3 Å². The molecule has 1 N–H and O–H groups in total. The highest BCUT2D eigenvalue weighted by atomic mass is 16.6. The number of nitrogens with zero attached hydrogens (tertiary/aromatic N) is 3. The second-order valence-electron chi connectivity index (χ2n) is 2.97. The van der Waals surface area contributed by atoms with Crippen LogP contribution >= 0.6 is 0 Å². The molecule has 0 bridgehead atoms. The van der Waals surface area contributed by atoms with Gasteiger partial charge in [-0.05, 0) is 16.0 Å². The predicted molar refractivity (Wildman–Crippen MR) is 56.0 cm³/mol. The zero-order valence-electron chi connectivity index (χ0n) is 11.8. The first kappa shape index (κ1) is 6.02. The maximum absolute atomic E-state index is 10.5. The van der Waals surface area contributed by atoms with Crippen LogP contribution in [0.3, 0.4) is 0 Å². The summed E-state index contributed by atoms with van der Waals surface area (Å²) >= 11 is 0. The maximum atomic E-state index is 10.5. The molecule has 0 aliphatic carbocycles. The Labute approximate surface area is 92.7 Å². The first-order valence-corrected chi connectivity index (χ1v) is 4.33. The lowest BCUT2D eigenvalue weighted by Gasteiger charge is -2.28. The van der Waals surface area contributed by atoms with Gasteiger partial charge in [0, 0.05) is 37.6 Å². The van der Waals surface area contributed by atoms with Crippen molar-refractivity contribution in [1.29, 1.82) is 0 Å². The zero-order valence-corrected chi connectivity index (χ0v) is 7.80. The third kappa shape index (κ3) is 2.21. The molecule has 0 atom stereocenters. The number of piperazine rings is 1. The minimum Gasteiger partial charge on any atom is -0.366 e. The predicted octanol–water partition coefficient (Wildman–Crippen LogP) is 0.399. The molecule has 1 aromatic rings. The van der Waals surface area contributed by atoms with E-state index >= 15 is 0 Å². The molecule has 6 heteroatoms. The molecular formula is C9H12N4O2. The molecule has 0 amide bonds. The molecule has 2 heterocycles. The van der Waals surface area contributed by atoms with Gasteiger partial charge in [-0.15, -0.1) is 0 Å². The van der Waals surface area contributed by atoms with Gasteiger partial charge in [-0.3, -0.25) is 0 Å². The van der Waals surface area contributed by atoms with Gasteiger partial charge >= 0.3 is 5.82 Å². The van der Waals surface area contributed by atoms with Crippen LogP contribution in [0.2, 0.25) is 0 Å². The van der Waals surface area contributed by atoms with Crippen molar-refractivity contribution in [2.45, 2.75) is 0 Å². The summed E-state index contributed by atoms with van der Waals surface area (Å²) in [5.41, 5.74) is 0.444. The Morgan fingerprint density at radius 3 is 2.80 bits per heavy atom. The van der Waals surface area contributed by atoms with Gasteiger partial charge in [0.1, 0.15) is 0 Å². The van der Waals surface area contributed by atoms with Crippen molar-refractivity contribution in [1.82, 2.24) is 10.3 Å². The lowest BCUT2D eigenvalue weighted by atomic mass is 10.3. The van der Waals surface area contributed by atoms with E-state index < -0.39 is 17.9 Å². The summed E-state index contributed by atoms with van der Waals surface area (Å²) in [5, 5.41) is 12.8. The molecule has 6 nitrogen and oxygen atoms in total. The largest absolute Gasteiger partial charge is 0.366 e. The molecule has 1 aliphatic rings. The first-order valence-electron chi connectivity index (χ1n) is 6.33. The van der Waals surface area contributed by atoms with E-state index in [0.29, 0.717) is 5.69 Å². The van der Waals surface area contributed by atoms with Crippen LogP contribution in [0.25, 0.3) is 0 Å². The summed E-state index contributed by atoms with van der Waals surface area (Å²) in [6, 6.07) is 2.64.